The van der Waals surface area contributed by atoms with Crippen LogP contribution in [0.25, 0.3) is 0 Å². The first-order valence-electron chi connectivity index (χ1n) is 8.44. The molecule has 0 spiro atoms. The van der Waals surface area contributed by atoms with Gasteiger partial charge in [-0.25, -0.2) is 0 Å². The smallest absolute Gasteiger partial charge is 0.323 e. The Labute approximate surface area is 152 Å². The van der Waals surface area contributed by atoms with Gasteiger partial charge in [0.25, 0.3) is 0 Å². The summed E-state index contributed by atoms with van der Waals surface area (Å²) in [5.74, 6) is 0.0572. The molecule has 0 radical (unpaired) electrons. The van der Waals surface area contributed by atoms with Crippen molar-refractivity contribution in [1.29, 1.82) is 0 Å². The van der Waals surface area contributed by atoms with Crippen molar-refractivity contribution in [3.05, 3.63) is 59.7 Å². The minimum atomic E-state index is -0.474. The van der Waals surface area contributed by atoms with Crippen LogP contribution in [0.1, 0.15) is 11.1 Å². The maximum absolute atomic E-state index is 12.6. The topological polar surface area (TPSA) is 67.9 Å². The predicted molar refractivity (Wildman–Crippen MR) is 98.0 cm³/mol. The number of hydrogen-bond donors (Lipinski definition) is 1. The quantitative estimate of drug-likeness (QED) is 0.834. The summed E-state index contributed by atoms with van der Waals surface area (Å²) in [5, 5.41) is 2.85. The van der Waals surface area contributed by atoms with Crippen LogP contribution in [0.5, 0.6) is 5.75 Å². The van der Waals surface area contributed by atoms with Crippen molar-refractivity contribution < 1.29 is 19.1 Å². The second kappa shape index (κ2) is 8.01. The summed E-state index contributed by atoms with van der Waals surface area (Å²) in [6.07, 6.45) is 0.533. The van der Waals surface area contributed by atoms with E-state index in [1.807, 2.05) is 41.3 Å². The number of rotatable bonds is 5. The molecule has 0 saturated heterocycles. The van der Waals surface area contributed by atoms with E-state index in [1.165, 1.54) is 7.11 Å². The fourth-order valence-electron chi connectivity index (χ4n) is 3.23. The van der Waals surface area contributed by atoms with Gasteiger partial charge < -0.3 is 14.8 Å². The maximum Gasteiger partial charge on any atom is 0.323 e. The van der Waals surface area contributed by atoms with E-state index in [0.717, 1.165) is 11.1 Å². The monoisotopic (exact) mass is 354 g/mol. The molecule has 1 aliphatic rings. The highest BCUT2D eigenvalue weighted by atomic mass is 16.5. The van der Waals surface area contributed by atoms with Gasteiger partial charge in [-0.1, -0.05) is 36.4 Å². The van der Waals surface area contributed by atoms with Gasteiger partial charge in [-0.05, 0) is 29.7 Å². The number of carbonyl (C=O) groups is 2. The van der Waals surface area contributed by atoms with Crippen LogP contribution in [0.15, 0.2) is 48.5 Å². The van der Waals surface area contributed by atoms with E-state index in [1.54, 1.807) is 19.2 Å². The lowest BCUT2D eigenvalue weighted by Gasteiger charge is -2.34. The lowest BCUT2D eigenvalue weighted by molar-refractivity contribution is -0.148. The molecule has 0 aliphatic carbocycles. The summed E-state index contributed by atoms with van der Waals surface area (Å²) in [6.45, 7) is 0.613. The highest BCUT2D eigenvalue weighted by Gasteiger charge is 2.33. The van der Waals surface area contributed by atoms with Crippen molar-refractivity contribution in [3.8, 4) is 5.75 Å². The SMILES string of the molecule is COC(=O)[C@@H]1Cc2ccccc2CN1CC(=O)Nc1ccccc1OC. The highest BCUT2D eigenvalue weighted by Crippen LogP contribution is 2.25. The van der Waals surface area contributed by atoms with E-state index in [4.69, 9.17) is 9.47 Å². The lowest BCUT2D eigenvalue weighted by atomic mass is 9.94. The number of benzene rings is 2. The largest absolute Gasteiger partial charge is 0.495 e. The second-order valence-corrected chi connectivity index (χ2v) is 6.17. The second-order valence-electron chi connectivity index (χ2n) is 6.17. The number of ether oxygens (including phenoxy) is 2. The van der Waals surface area contributed by atoms with Gasteiger partial charge in [0.1, 0.15) is 11.8 Å². The van der Waals surface area contributed by atoms with Crippen LogP contribution < -0.4 is 10.1 Å². The van der Waals surface area contributed by atoms with Crippen LogP contribution in [-0.4, -0.2) is 43.6 Å². The number of nitrogens with one attached hydrogen (secondary N) is 1. The standard InChI is InChI=1S/C20H22N2O4/c1-25-18-10-6-5-9-16(18)21-19(23)13-22-12-15-8-4-3-7-14(15)11-17(22)20(24)26-2/h3-10,17H,11-13H2,1-2H3,(H,21,23)/t17-/m0/s1. The number of methoxy groups -OCH3 is 2. The molecule has 0 bridgehead atoms. The van der Waals surface area contributed by atoms with Gasteiger partial charge >= 0.3 is 5.97 Å². The molecule has 1 N–H and O–H groups in total. The number of esters is 1. The average Bonchev–Trinajstić information content (AvgIpc) is 2.67. The Morgan fingerprint density at radius 1 is 1.08 bits per heavy atom. The molecule has 26 heavy (non-hydrogen) atoms. The Morgan fingerprint density at radius 2 is 1.77 bits per heavy atom. The normalized spacial score (nSPS) is 16.5. The van der Waals surface area contributed by atoms with Gasteiger partial charge in [-0.3, -0.25) is 14.5 Å². The zero-order valence-corrected chi connectivity index (χ0v) is 14.9. The van der Waals surface area contributed by atoms with Gasteiger partial charge in [-0.15, -0.1) is 0 Å². The molecule has 3 rings (SSSR count). The van der Waals surface area contributed by atoms with Crippen molar-refractivity contribution in [1.82, 2.24) is 4.90 Å². The molecule has 6 nitrogen and oxygen atoms in total. The molecular formula is C20H22N2O4. The van der Waals surface area contributed by atoms with E-state index in [-0.39, 0.29) is 18.4 Å². The highest BCUT2D eigenvalue weighted by molar-refractivity contribution is 5.94. The summed E-state index contributed by atoms with van der Waals surface area (Å²) in [4.78, 5) is 26.6. The van der Waals surface area contributed by atoms with E-state index in [0.29, 0.717) is 24.4 Å². The minimum absolute atomic E-state index is 0.0894. The molecule has 1 atom stereocenters. The van der Waals surface area contributed by atoms with E-state index in [2.05, 4.69) is 5.32 Å². The zero-order valence-electron chi connectivity index (χ0n) is 14.9. The summed E-state index contributed by atoms with van der Waals surface area (Å²) in [6, 6.07) is 14.7. The number of hydrogen-bond acceptors (Lipinski definition) is 5. The fraction of sp³-hybridized carbons (Fsp3) is 0.300. The molecule has 1 amide bonds. The van der Waals surface area contributed by atoms with Crippen molar-refractivity contribution in [2.45, 2.75) is 19.0 Å². The van der Waals surface area contributed by atoms with Crippen molar-refractivity contribution in [3.63, 3.8) is 0 Å². The Morgan fingerprint density at radius 3 is 2.50 bits per heavy atom. The molecule has 2 aromatic rings. The van der Waals surface area contributed by atoms with Crippen molar-refractivity contribution in [2.24, 2.45) is 0 Å². The van der Waals surface area contributed by atoms with Crippen molar-refractivity contribution in [2.75, 3.05) is 26.1 Å². The van der Waals surface area contributed by atoms with Gasteiger partial charge in [0.2, 0.25) is 5.91 Å². The van der Waals surface area contributed by atoms with Crippen LogP contribution >= 0.6 is 0 Å². The first-order chi connectivity index (χ1) is 12.6. The molecule has 0 saturated carbocycles. The molecule has 2 aromatic carbocycles. The minimum Gasteiger partial charge on any atom is -0.495 e. The third-order valence-electron chi connectivity index (χ3n) is 4.55. The van der Waals surface area contributed by atoms with Crippen LogP contribution in [-0.2, 0) is 27.3 Å². The number of fused-ring (bicyclic) bond motifs is 1. The number of para-hydroxylation sites is 2. The molecular weight excluding hydrogens is 332 g/mol. The first-order valence-corrected chi connectivity index (χ1v) is 8.44. The van der Waals surface area contributed by atoms with Crippen LogP contribution in [0.2, 0.25) is 0 Å². The van der Waals surface area contributed by atoms with E-state index in [9.17, 15) is 9.59 Å². The fourth-order valence-corrected chi connectivity index (χ4v) is 3.23. The number of carbonyl (C=O) groups excluding carboxylic acids is 2. The van der Waals surface area contributed by atoms with Gasteiger partial charge in [0.05, 0.1) is 26.5 Å². The van der Waals surface area contributed by atoms with Gasteiger partial charge in [-0.2, -0.15) is 0 Å². The molecule has 0 aromatic heterocycles. The molecule has 0 unspecified atom stereocenters. The Bertz CT molecular complexity index is 806. The van der Waals surface area contributed by atoms with E-state index < -0.39 is 6.04 Å². The molecule has 6 heteroatoms. The predicted octanol–water partition coefficient (Wildman–Crippen LogP) is 2.23. The summed E-state index contributed by atoms with van der Waals surface area (Å²) in [7, 11) is 2.93. The molecule has 1 heterocycles. The number of amides is 1. The number of nitrogens with zero attached hydrogens (tertiary/aromatic N) is 1. The van der Waals surface area contributed by atoms with Gasteiger partial charge in [0, 0.05) is 6.54 Å². The van der Waals surface area contributed by atoms with Gasteiger partial charge in [0.15, 0.2) is 0 Å². The van der Waals surface area contributed by atoms with Crippen LogP contribution in [0.3, 0.4) is 0 Å². The Balaban J connectivity index is 1.75. The summed E-state index contributed by atoms with van der Waals surface area (Å²) in [5.41, 5.74) is 2.84. The Hall–Kier alpha value is -2.86. The lowest BCUT2D eigenvalue weighted by Crippen LogP contribution is -2.49. The van der Waals surface area contributed by atoms with E-state index >= 15 is 0 Å². The summed E-state index contributed by atoms with van der Waals surface area (Å²) < 4.78 is 10.2. The zero-order chi connectivity index (χ0) is 18.5. The summed E-state index contributed by atoms with van der Waals surface area (Å²) >= 11 is 0. The average molecular weight is 354 g/mol. The van der Waals surface area contributed by atoms with Crippen LogP contribution in [0.4, 0.5) is 5.69 Å². The molecule has 136 valence electrons. The van der Waals surface area contributed by atoms with Crippen LogP contribution in [0, 0.1) is 0 Å². The number of anilines is 1. The maximum atomic E-state index is 12.6. The third kappa shape index (κ3) is 3.86. The van der Waals surface area contributed by atoms with Crippen molar-refractivity contribution >= 4 is 17.6 Å². The first kappa shape index (κ1) is 17.9. The third-order valence-corrected chi connectivity index (χ3v) is 4.55. The Kier molecular flexibility index (Phi) is 5.53. The molecule has 1 aliphatic heterocycles. The molecule has 0 fully saturated rings.